The number of fused-ring (bicyclic) bond motifs is 7. The summed E-state index contributed by atoms with van der Waals surface area (Å²) in [6, 6.07) is 0.561. The average molecular weight is 460 g/mol. The molecule has 0 bridgehead atoms. The molecular formula is C29H53N3O. The van der Waals surface area contributed by atoms with E-state index < -0.39 is 0 Å². The highest BCUT2D eigenvalue weighted by Crippen LogP contribution is 2.64. The molecule has 190 valence electrons. The van der Waals surface area contributed by atoms with E-state index in [2.05, 4.69) is 49.4 Å². The molecule has 0 radical (unpaired) electrons. The molecule has 7 rings (SSSR count). The van der Waals surface area contributed by atoms with Gasteiger partial charge in [0, 0.05) is 24.8 Å². The lowest BCUT2D eigenvalue weighted by Crippen LogP contribution is -2.48. The van der Waals surface area contributed by atoms with Crippen LogP contribution in [0.4, 0.5) is 0 Å². The van der Waals surface area contributed by atoms with Gasteiger partial charge < -0.3 is 10.1 Å². The third-order valence-electron chi connectivity index (χ3n) is 11.9. The molecule has 2 saturated heterocycles. The van der Waals surface area contributed by atoms with Crippen LogP contribution in [0.25, 0.3) is 0 Å². The number of ether oxygens (including phenoxy) is 1. The second-order valence-electron chi connectivity index (χ2n) is 13.4. The highest BCUT2D eigenvalue weighted by Gasteiger charge is 2.59. The minimum Gasteiger partial charge on any atom is -0.369 e. The predicted molar refractivity (Wildman–Crippen MR) is 141 cm³/mol. The minimum absolute atomic E-state index is 0. The lowest BCUT2D eigenvalue weighted by molar-refractivity contribution is -0.0733. The molecule has 4 heteroatoms. The smallest absolute Gasteiger partial charge is 0.0765 e. The number of nitrogens with one attached hydrogen (secondary N) is 2. The topological polar surface area (TPSA) is 49.9 Å². The Bertz CT molecular complexity index is 1000. The van der Waals surface area contributed by atoms with Crippen LogP contribution >= 0.6 is 0 Å². The first-order valence-electron chi connectivity index (χ1n) is 14.0. The van der Waals surface area contributed by atoms with Crippen molar-refractivity contribution in [2.45, 2.75) is 103 Å². The Kier molecular flexibility index (Phi) is 4.62. The molecule has 0 aromatic carbocycles. The van der Waals surface area contributed by atoms with Crippen molar-refractivity contribution in [3.05, 3.63) is 28.6 Å². The Balaban J connectivity index is 0.00000101. The SMILES string of the molecule is CC1=C2CC3[C@@H](CCC4Cc5[nH]ncc5C[C@@]43C)C2CC[C@@]2(C1)O[C@@H]1C[C@H](C)CN[C@H]1[C@H]2C.[HH].[HH].[HH].[HH].[HH]. The molecule has 1 aromatic heterocycles. The summed E-state index contributed by atoms with van der Waals surface area (Å²) in [6.45, 7) is 11.2. The number of piperidine rings is 1. The summed E-state index contributed by atoms with van der Waals surface area (Å²) in [5.41, 5.74) is 7.00. The van der Waals surface area contributed by atoms with Crippen molar-refractivity contribution >= 4 is 0 Å². The summed E-state index contributed by atoms with van der Waals surface area (Å²) < 4.78 is 7.06. The molecule has 4 nitrogen and oxygen atoms in total. The third kappa shape index (κ3) is 2.92. The van der Waals surface area contributed by atoms with Gasteiger partial charge in [-0.3, -0.25) is 5.10 Å². The zero-order valence-electron chi connectivity index (χ0n) is 21.1. The van der Waals surface area contributed by atoms with Crippen LogP contribution in [0.1, 0.15) is 91.0 Å². The van der Waals surface area contributed by atoms with Crippen LogP contribution in [0.15, 0.2) is 17.3 Å². The molecule has 4 aliphatic carbocycles. The Labute approximate surface area is 207 Å². The Morgan fingerprint density at radius 1 is 1.15 bits per heavy atom. The van der Waals surface area contributed by atoms with Crippen molar-refractivity contribution in [3.63, 3.8) is 0 Å². The van der Waals surface area contributed by atoms with Gasteiger partial charge in [-0.05, 0) is 112 Å². The van der Waals surface area contributed by atoms with E-state index in [4.69, 9.17) is 4.74 Å². The largest absolute Gasteiger partial charge is 0.369 e. The van der Waals surface area contributed by atoms with Crippen molar-refractivity contribution in [2.24, 2.45) is 40.9 Å². The number of aromatic amines is 1. The second kappa shape index (κ2) is 7.20. The van der Waals surface area contributed by atoms with Crippen LogP contribution in [-0.4, -0.2) is 34.5 Å². The molecule has 10 atom stereocenters. The molecular weight excluding hydrogens is 406 g/mol. The van der Waals surface area contributed by atoms with Gasteiger partial charge in [0.25, 0.3) is 0 Å². The van der Waals surface area contributed by atoms with Crippen LogP contribution in [0.2, 0.25) is 0 Å². The number of allylic oxidation sites excluding steroid dienone is 1. The summed E-state index contributed by atoms with van der Waals surface area (Å²) in [5, 5.41) is 11.6. The second-order valence-corrected chi connectivity index (χ2v) is 13.4. The minimum atomic E-state index is 0. The van der Waals surface area contributed by atoms with E-state index in [1.165, 1.54) is 69.0 Å². The summed E-state index contributed by atoms with van der Waals surface area (Å²) in [5.74, 6) is 4.73. The molecule has 1 aromatic rings. The zero-order chi connectivity index (χ0) is 22.5. The molecule has 4 fully saturated rings. The van der Waals surface area contributed by atoms with Crippen LogP contribution in [0, 0.1) is 40.9 Å². The first-order valence-corrected chi connectivity index (χ1v) is 14.0. The Morgan fingerprint density at radius 2 is 2.03 bits per heavy atom. The third-order valence-corrected chi connectivity index (χ3v) is 11.9. The van der Waals surface area contributed by atoms with Crippen LogP contribution in [-0.2, 0) is 17.6 Å². The van der Waals surface area contributed by atoms with Gasteiger partial charge in [0.2, 0.25) is 0 Å². The maximum atomic E-state index is 7.06. The average Bonchev–Trinajstić information content (AvgIpc) is 3.43. The van der Waals surface area contributed by atoms with E-state index in [1.54, 1.807) is 5.57 Å². The molecule has 33 heavy (non-hydrogen) atoms. The molecule has 3 unspecified atom stereocenters. The quantitative estimate of drug-likeness (QED) is 0.425. The fraction of sp³-hybridized carbons (Fsp3) is 0.828. The summed E-state index contributed by atoms with van der Waals surface area (Å²) in [4.78, 5) is 0. The van der Waals surface area contributed by atoms with Gasteiger partial charge in [0.15, 0.2) is 0 Å². The van der Waals surface area contributed by atoms with Crippen molar-refractivity contribution in [1.82, 2.24) is 15.5 Å². The van der Waals surface area contributed by atoms with E-state index in [1.807, 2.05) is 5.57 Å². The molecule has 2 N–H and O–H groups in total. The first kappa shape index (κ1) is 21.2. The van der Waals surface area contributed by atoms with Gasteiger partial charge in [0.1, 0.15) is 0 Å². The fourth-order valence-corrected chi connectivity index (χ4v) is 10.0. The van der Waals surface area contributed by atoms with Gasteiger partial charge in [-0.2, -0.15) is 5.10 Å². The number of hydrogen-bond donors (Lipinski definition) is 2. The van der Waals surface area contributed by atoms with Crippen LogP contribution in [0.3, 0.4) is 0 Å². The van der Waals surface area contributed by atoms with Crippen molar-refractivity contribution in [3.8, 4) is 0 Å². The number of H-pyrrole nitrogens is 1. The first-order chi connectivity index (χ1) is 15.9. The van der Waals surface area contributed by atoms with Gasteiger partial charge in [-0.15, -0.1) is 0 Å². The molecule has 6 aliphatic rings. The van der Waals surface area contributed by atoms with Crippen molar-refractivity contribution < 1.29 is 11.9 Å². The maximum absolute atomic E-state index is 7.06. The van der Waals surface area contributed by atoms with Gasteiger partial charge in [0.05, 0.1) is 17.9 Å². The molecule has 2 aliphatic heterocycles. The summed E-state index contributed by atoms with van der Waals surface area (Å²) in [6.07, 6.45) is 14.2. The van der Waals surface area contributed by atoms with Gasteiger partial charge in [-0.25, -0.2) is 0 Å². The van der Waals surface area contributed by atoms with Gasteiger partial charge >= 0.3 is 0 Å². The van der Waals surface area contributed by atoms with E-state index in [0.29, 0.717) is 23.5 Å². The predicted octanol–water partition coefficient (Wildman–Crippen LogP) is 6.68. The number of rotatable bonds is 0. The monoisotopic (exact) mass is 459 g/mol. The number of nitrogens with zero attached hydrogens (tertiary/aromatic N) is 1. The lowest BCUT2D eigenvalue weighted by Gasteiger charge is -2.52. The van der Waals surface area contributed by atoms with Crippen LogP contribution < -0.4 is 5.32 Å². The van der Waals surface area contributed by atoms with Crippen LogP contribution in [0.5, 0.6) is 0 Å². The van der Waals surface area contributed by atoms with Crippen molar-refractivity contribution in [1.29, 1.82) is 0 Å². The summed E-state index contributed by atoms with van der Waals surface area (Å²) >= 11 is 0. The number of aromatic nitrogens is 2. The lowest BCUT2D eigenvalue weighted by atomic mass is 9.52. The fourth-order valence-electron chi connectivity index (χ4n) is 10.0. The Hall–Kier alpha value is -1.13. The Morgan fingerprint density at radius 3 is 2.91 bits per heavy atom. The highest BCUT2D eigenvalue weighted by molar-refractivity contribution is 5.32. The summed E-state index contributed by atoms with van der Waals surface area (Å²) in [7, 11) is 0. The van der Waals surface area contributed by atoms with Crippen molar-refractivity contribution in [2.75, 3.05) is 6.54 Å². The molecule has 3 heterocycles. The maximum Gasteiger partial charge on any atom is 0.0765 e. The zero-order valence-corrected chi connectivity index (χ0v) is 21.1. The molecule has 1 spiro atoms. The molecule has 2 saturated carbocycles. The van der Waals surface area contributed by atoms with E-state index in [9.17, 15) is 0 Å². The number of hydrogen-bond acceptors (Lipinski definition) is 3. The van der Waals surface area contributed by atoms with E-state index >= 15 is 0 Å². The highest BCUT2D eigenvalue weighted by atomic mass is 16.5. The van der Waals surface area contributed by atoms with Gasteiger partial charge in [-0.1, -0.05) is 31.9 Å². The van der Waals surface area contributed by atoms with E-state index in [-0.39, 0.29) is 12.7 Å². The standard InChI is InChI=1S/C29H43N3O.5H2/c1-16-9-26-27(30-14-16)18(3)29(33-26)8-7-21-22-6-5-20-10-25-19(15-31-32-25)13-28(20,4)24(22)11-23(21)17(2)12-29;;;;;/h15-16,18,20-22,24,26-27,30H,5-14H2,1-4H3,(H,31,32);5*1H/t16-,18+,20?,21?,22-,24?,26+,27-,28-,29-;;;;;/m0...../s1. The normalized spacial score (nSPS) is 50.9. The molecule has 0 amide bonds. The van der Waals surface area contributed by atoms with E-state index in [0.717, 1.165) is 36.1 Å².